The molecule has 0 amide bonds. The van der Waals surface area contributed by atoms with Gasteiger partial charge >= 0.3 is 0 Å². The normalized spacial score (nSPS) is 14.8. The van der Waals surface area contributed by atoms with Gasteiger partial charge in [0.1, 0.15) is 7.05 Å². The zero-order chi connectivity index (χ0) is 32.2. The third kappa shape index (κ3) is 3.22. The molecule has 7 rings (SSSR count). The van der Waals surface area contributed by atoms with Gasteiger partial charge < -0.3 is 4.57 Å². The number of aromatic nitrogens is 2. The average Bonchev–Trinajstić information content (AvgIpc) is 3.38. The maximum atomic E-state index is 8.81. The van der Waals surface area contributed by atoms with Crippen molar-refractivity contribution < 1.29 is 15.5 Å². The van der Waals surface area contributed by atoms with Crippen molar-refractivity contribution in [2.45, 2.75) is 20.8 Å². The molecule has 37 heavy (non-hydrogen) atoms. The smallest absolute Gasteiger partial charge is 0.220 e. The molecule has 5 aromatic carbocycles. The van der Waals surface area contributed by atoms with Gasteiger partial charge in [-0.15, -0.1) is 0 Å². The Bertz CT molecular complexity index is 2380. The first-order chi connectivity index (χ1) is 21.3. The second-order valence-corrected chi connectivity index (χ2v) is 9.74. The summed E-state index contributed by atoms with van der Waals surface area (Å²) in [6.45, 7) is 6.38. The predicted molar refractivity (Wildman–Crippen MR) is 157 cm³/mol. The van der Waals surface area contributed by atoms with Crippen molar-refractivity contribution in [2.24, 2.45) is 7.05 Å². The lowest BCUT2D eigenvalue weighted by molar-refractivity contribution is -0.659. The van der Waals surface area contributed by atoms with Crippen LogP contribution >= 0.6 is 0 Å². The Kier molecular flexibility index (Phi) is 3.25. The van der Waals surface area contributed by atoms with E-state index in [0.29, 0.717) is 5.69 Å². The molecule has 2 nitrogen and oxygen atoms in total. The molecule has 0 saturated heterocycles. The molecule has 0 unspecified atom stereocenters. The van der Waals surface area contributed by atoms with E-state index < -0.39 is 24.2 Å². The van der Waals surface area contributed by atoms with E-state index in [1.54, 1.807) is 4.57 Å². The molecule has 178 valence electrons. The lowest BCUT2D eigenvalue weighted by Crippen LogP contribution is -2.30. The van der Waals surface area contributed by atoms with Gasteiger partial charge in [-0.1, -0.05) is 60.0 Å². The summed E-state index contributed by atoms with van der Waals surface area (Å²) in [5.74, 6) is 0. The van der Waals surface area contributed by atoms with Crippen LogP contribution in [0.2, 0.25) is 0 Å². The van der Waals surface area contributed by atoms with Crippen LogP contribution in [0.15, 0.2) is 103 Å². The average molecular weight is 486 g/mol. The van der Waals surface area contributed by atoms with E-state index in [-0.39, 0.29) is 46.0 Å². The fourth-order valence-electron chi connectivity index (χ4n) is 5.62. The molecule has 0 spiro atoms. The molecule has 0 atom stereocenters. The first-order valence-corrected chi connectivity index (χ1v) is 12.3. The molecule has 0 N–H and O–H groups in total. The van der Waals surface area contributed by atoms with Crippen molar-refractivity contribution >= 4 is 43.4 Å². The highest BCUT2D eigenvalue weighted by Gasteiger charge is 2.20. The fourth-order valence-corrected chi connectivity index (χ4v) is 5.62. The van der Waals surface area contributed by atoms with Crippen LogP contribution in [0.5, 0.6) is 0 Å². The maximum Gasteiger partial charge on any atom is 0.220 e. The highest BCUT2D eigenvalue weighted by Crippen LogP contribution is 2.36. The lowest BCUT2D eigenvalue weighted by Gasteiger charge is -2.13. The molecule has 0 saturated carbocycles. The first-order valence-electron chi connectivity index (χ1n) is 16.3. The van der Waals surface area contributed by atoms with E-state index >= 15 is 0 Å². The number of rotatable bonds is 2. The largest absolute Gasteiger partial charge is 0.309 e. The van der Waals surface area contributed by atoms with E-state index in [2.05, 4.69) is 55.8 Å². The Morgan fingerprint density at radius 3 is 2.08 bits per heavy atom. The van der Waals surface area contributed by atoms with Crippen LogP contribution in [0, 0.1) is 20.8 Å². The van der Waals surface area contributed by atoms with Gasteiger partial charge in [0.2, 0.25) is 5.69 Å². The Morgan fingerprint density at radius 2 is 1.35 bits per heavy atom. The van der Waals surface area contributed by atoms with Crippen LogP contribution < -0.4 is 4.57 Å². The lowest BCUT2D eigenvalue weighted by atomic mass is 9.93. The van der Waals surface area contributed by atoms with Gasteiger partial charge in [-0.3, -0.25) is 0 Å². The zero-order valence-corrected chi connectivity index (χ0v) is 21.1. The maximum absolute atomic E-state index is 8.81. The molecule has 0 aliphatic carbocycles. The third-order valence-corrected chi connectivity index (χ3v) is 7.48. The molecule has 0 aliphatic heterocycles. The van der Waals surface area contributed by atoms with Crippen molar-refractivity contribution in [3.05, 3.63) is 120 Å². The van der Waals surface area contributed by atoms with Crippen LogP contribution in [-0.2, 0) is 7.05 Å². The number of nitrogens with zero attached hydrogens (tertiary/aromatic N) is 2. The molecular weight excluding hydrogens is 448 g/mol. The summed E-state index contributed by atoms with van der Waals surface area (Å²) in [6.07, 6.45) is 2.06. The minimum atomic E-state index is -0.452. The predicted octanol–water partition coefficient (Wildman–Crippen LogP) is 8.51. The van der Waals surface area contributed by atoms with Gasteiger partial charge in [-0.2, -0.15) is 0 Å². The van der Waals surface area contributed by atoms with Crippen molar-refractivity contribution in [3.63, 3.8) is 0 Å². The van der Waals surface area contributed by atoms with E-state index in [9.17, 15) is 0 Å². The van der Waals surface area contributed by atoms with Crippen LogP contribution in [0.3, 0.4) is 0 Å². The van der Waals surface area contributed by atoms with Crippen LogP contribution in [0.25, 0.3) is 60.3 Å². The Hall–Kier alpha value is -4.43. The number of para-hydroxylation sites is 2. The van der Waals surface area contributed by atoms with Gasteiger partial charge in [0.05, 0.1) is 32.9 Å². The summed E-state index contributed by atoms with van der Waals surface area (Å²) < 4.78 is 72.0. The second kappa shape index (κ2) is 8.04. The van der Waals surface area contributed by atoms with E-state index in [0.717, 1.165) is 27.2 Å². The van der Waals surface area contributed by atoms with Crippen molar-refractivity contribution in [1.82, 2.24) is 4.57 Å². The topological polar surface area (TPSA) is 8.81 Å². The van der Waals surface area contributed by atoms with Crippen molar-refractivity contribution in [2.75, 3.05) is 0 Å². The van der Waals surface area contributed by atoms with E-state index in [1.165, 1.54) is 22.3 Å². The zero-order valence-electron chi connectivity index (χ0n) is 29.1. The summed E-state index contributed by atoms with van der Waals surface area (Å²) in [7, 11) is 2.05. The monoisotopic (exact) mass is 485 g/mol. The molecular formula is C35H29N2+. The molecule has 0 radical (unpaired) electrons. The van der Waals surface area contributed by atoms with Crippen LogP contribution in [-0.4, -0.2) is 4.57 Å². The summed E-state index contributed by atoms with van der Waals surface area (Å²) in [5.41, 5.74) is 6.68. The fraction of sp³-hybridized carbons (Fsp3) is 0.114. The molecule has 0 fully saturated rings. The number of hydrogen-bond donors (Lipinski definition) is 0. The third-order valence-electron chi connectivity index (χ3n) is 7.48. The molecule has 0 bridgehead atoms. The van der Waals surface area contributed by atoms with Crippen molar-refractivity contribution in [3.8, 4) is 16.9 Å². The molecule has 7 aromatic rings. The minimum absolute atomic E-state index is 0.0718. The summed E-state index contributed by atoms with van der Waals surface area (Å²) in [4.78, 5) is 0. The number of hydrogen-bond acceptors (Lipinski definition) is 0. The molecule has 2 heteroatoms. The van der Waals surface area contributed by atoms with Gasteiger partial charge in [0.15, 0.2) is 6.20 Å². The Morgan fingerprint density at radius 1 is 0.676 bits per heavy atom. The number of aryl methyl sites for hydroxylation is 3. The SMILES string of the molecule is [2H]c1c([2H])c([2H])c2c(c1[2H])c1c([2H])c([2H])c([2H])c([2H])c1n2-c1ccc2c(ccc3c(-c4cc(C)cc(C)c4C)[n+](C)ccc32)c1. The number of fused-ring (bicyclic) bond motifs is 6. The van der Waals surface area contributed by atoms with Gasteiger partial charge in [0, 0.05) is 27.9 Å². The van der Waals surface area contributed by atoms with E-state index in [1.807, 2.05) is 31.3 Å². The Labute approximate surface area is 228 Å². The molecule has 2 aromatic heterocycles. The minimum Gasteiger partial charge on any atom is -0.309 e. The standard InChI is InChI=1S/C35H29N2/c1-22-19-23(2)24(3)32(20-22)35-31-15-13-25-21-26(14-16-27(25)28(31)17-18-36(35)4)37-33-11-7-5-9-29(33)30-10-6-8-12-34(30)37/h5-21H,1-4H3/q+1/i5D,6D,7D,8D,9D,10D,11D,12D. The summed E-state index contributed by atoms with van der Waals surface area (Å²) in [5, 5.41) is 4.16. The number of benzene rings is 5. The first kappa shape index (κ1) is 15.0. The Balaban J connectivity index is 1.58. The van der Waals surface area contributed by atoms with Crippen molar-refractivity contribution in [1.29, 1.82) is 0 Å². The molecule has 0 aliphatic rings. The quantitative estimate of drug-likeness (QED) is 0.171. The van der Waals surface area contributed by atoms with Gasteiger partial charge in [-0.05, 0) is 79.0 Å². The van der Waals surface area contributed by atoms with Crippen LogP contribution in [0.4, 0.5) is 0 Å². The van der Waals surface area contributed by atoms with Crippen LogP contribution in [0.1, 0.15) is 27.7 Å². The second-order valence-electron chi connectivity index (χ2n) is 9.74. The van der Waals surface area contributed by atoms with Gasteiger partial charge in [0.25, 0.3) is 0 Å². The molecule has 2 heterocycles. The van der Waals surface area contributed by atoms with E-state index in [4.69, 9.17) is 11.0 Å². The summed E-state index contributed by atoms with van der Waals surface area (Å²) >= 11 is 0. The highest BCUT2D eigenvalue weighted by atomic mass is 15.0. The highest BCUT2D eigenvalue weighted by molar-refractivity contribution is 6.12. The number of pyridine rings is 1. The van der Waals surface area contributed by atoms with Gasteiger partial charge in [-0.25, -0.2) is 4.57 Å². The summed E-state index contributed by atoms with van der Waals surface area (Å²) in [6, 6.07) is 13.3.